The van der Waals surface area contributed by atoms with Crippen LogP contribution in [0.15, 0.2) is 35.4 Å². The molecule has 2 rings (SSSR count). The van der Waals surface area contributed by atoms with Crippen LogP contribution in [0, 0.1) is 0 Å². The summed E-state index contributed by atoms with van der Waals surface area (Å²) < 4.78 is 0. The van der Waals surface area contributed by atoms with Crippen LogP contribution >= 0.6 is 23.1 Å². The molecule has 18 heavy (non-hydrogen) atoms. The molecule has 0 radical (unpaired) electrons. The number of anilines is 1. The van der Waals surface area contributed by atoms with Gasteiger partial charge in [0.05, 0.1) is 6.61 Å². The van der Waals surface area contributed by atoms with Crippen LogP contribution in [0.2, 0.25) is 0 Å². The van der Waals surface area contributed by atoms with Gasteiger partial charge in [-0.25, -0.2) is 4.98 Å². The van der Waals surface area contributed by atoms with Gasteiger partial charge in [0, 0.05) is 28.3 Å². The van der Waals surface area contributed by atoms with E-state index in [0.717, 1.165) is 23.0 Å². The quantitative estimate of drug-likeness (QED) is 0.796. The van der Waals surface area contributed by atoms with Crippen molar-refractivity contribution in [1.82, 2.24) is 4.98 Å². The number of thiazole rings is 1. The van der Waals surface area contributed by atoms with E-state index < -0.39 is 0 Å². The van der Waals surface area contributed by atoms with E-state index in [1.54, 1.807) is 23.1 Å². The van der Waals surface area contributed by atoms with Gasteiger partial charge in [-0.3, -0.25) is 0 Å². The molecule has 1 heterocycles. The molecule has 0 saturated carbocycles. The summed E-state index contributed by atoms with van der Waals surface area (Å²) in [5, 5.41) is 13.2. The Hall–Kier alpha value is -1.04. The largest absolute Gasteiger partial charge is 0.392 e. The molecule has 0 unspecified atom stereocenters. The van der Waals surface area contributed by atoms with Crippen LogP contribution in [0.4, 0.5) is 5.13 Å². The van der Waals surface area contributed by atoms with Crippen LogP contribution in [0.1, 0.15) is 17.4 Å². The average molecular weight is 280 g/mol. The molecular weight excluding hydrogens is 264 g/mol. The second kappa shape index (κ2) is 6.78. The van der Waals surface area contributed by atoms with Gasteiger partial charge >= 0.3 is 0 Å². The van der Waals surface area contributed by atoms with Crippen LogP contribution in [-0.4, -0.2) is 16.6 Å². The van der Waals surface area contributed by atoms with Crippen molar-refractivity contribution in [2.75, 3.05) is 11.9 Å². The highest BCUT2D eigenvalue weighted by molar-refractivity contribution is 7.98. The van der Waals surface area contributed by atoms with Crippen molar-refractivity contribution in [2.45, 2.75) is 24.2 Å². The van der Waals surface area contributed by atoms with Crippen molar-refractivity contribution in [3.05, 3.63) is 40.9 Å². The smallest absolute Gasteiger partial charge is 0.182 e. The summed E-state index contributed by atoms with van der Waals surface area (Å²) in [6, 6.07) is 8.00. The zero-order chi connectivity index (χ0) is 12.8. The van der Waals surface area contributed by atoms with E-state index in [0.29, 0.717) is 0 Å². The molecule has 2 aromatic rings. The first kappa shape index (κ1) is 13.4. The Balaban J connectivity index is 1.89. The minimum Gasteiger partial charge on any atom is -0.392 e. The van der Waals surface area contributed by atoms with Gasteiger partial charge in [-0.15, -0.1) is 23.1 Å². The fourth-order valence-corrected chi connectivity index (χ4v) is 3.25. The lowest BCUT2D eigenvalue weighted by molar-refractivity contribution is 0.282. The molecule has 0 aliphatic rings. The molecular formula is C13H16N2OS2. The number of hydrogen-bond donors (Lipinski definition) is 2. The summed E-state index contributed by atoms with van der Waals surface area (Å²) in [5.74, 6) is 0.932. The maximum Gasteiger partial charge on any atom is 0.182 e. The second-order valence-electron chi connectivity index (χ2n) is 3.75. The van der Waals surface area contributed by atoms with Crippen LogP contribution in [-0.2, 0) is 12.4 Å². The minimum absolute atomic E-state index is 0.103. The van der Waals surface area contributed by atoms with Gasteiger partial charge < -0.3 is 10.4 Å². The van der Waals surface area contributed by atoms with E-state index in [1.165, 1.54) is 9.77 Å². The highest BCUT2D eigenvalue weighted by Gasteiger charge is 2.02. The van der Waals surface area contributed by atoms with Gasteiger partial charge in [-0.05, 0) is 24.6 Å². The van der Waals surface area contributed by atoms with E-state index in [-0.39, 0.29) is 6.61 Å². The summed E-state index contributed by atoms with van der Waals surface area (Å²) >= 11 is 3.49. The van der Waals surface area contributed by atoms with E-state index in [1.807, 2.05) is 30.5 Å². The number of hydrogen-bond acceptors (Lipinski definition) is 5. The summed E-state index contributed by atoms with van der Waals surface area (Å²) in [4.78, 5) is 6.79. The van der Waals surface area contributed by atoms with Crippen LogP contribution in [0.25, 0.3) is 0 Å². The third-order valence-electron chi connectivity index (χ3n) is 2.37. The Morgan fingerprint density at radius 3 is 2.78 bits per heavy atom. The number of nitrogens with zero attached hydrogens (tertiary/aromatic N) is 1. The van der Waals surface area contributed by atoms with Gasteiger partial charge in [0.1, 0.15) is 0 Å². The molecule has 96 valence electrons. The van der Waals surface area contributed by atoms with Crippen molar-refractivity contribution < 1.29 is 5.11 Å². The third-order valence-corrected chi connectivity index (χ3v) is 4.57. The number of rotatable bonds is 6. The molecule has 0 saturated heterocycles. The minimum atomic E-state index is 0.103. The number of aliphatic hydroxyl groups is 1. The zero-order valence-electron chi connectivity index (χ0n) is 10.2. The number of aliphatic hydroxyl groups excluding tert-OH is 1. The lowest BCUT2D eigenvalue weighted by Gasteiger charge is -2.01. The molecule has 1 aromatic carbocycles. The molecule has 0 atom stereocenters. The molecule has 0 spiro atoms. The van der Waals surface area contributed by atoms with Crippen molar-refractivity contribution in [3.63, 3.8) is 0 Å². The SMILES string of the molecule is CCNc1ncc(CSc2ccc(CO)cc2)s1. The monoisotopic (exact) mass is 280 g/mol. The van der Waals surface area contributed by atoms with Crippen molar-refractivity contribution in [1.29, 1.82) is 0 Å². The summed E-state index contributed by atoms with van der Waals surface area (Å²) in [7, 11) is 0. The Kier molecular flexibility index (Phi) is 5.04. The first-order chi connectivity index (χ1) is 8.81. The van der Waals surface area contributed by atoms with Gasteiger partial charge in [0.25, 0.3) is 0 Å². The van der Waals surface area contributed by atoms with E-state index >= 15 is 0 Å². The molecule has 0 aliphatic heterocycles. The Morgan fingerprint density at radius 1 is 1.33 bits per heavy atom. The molecule has 1 aromatic heterocycles. The molecule has 0 fully saturated rings. The van der Waals surface area contributed by atoms with Crippen LogP contribution < -0.4 is 5.32 Å². The highest BCUT2D eigenvalue weighted by atomic mass is 32.2. The fraction of sp³-hybridized carbons (Fsp3) is 0.308. The van der Waals surface area contributed by atoms with Crippen molar-refractivity contribution in [3.8, 4) is 0 Å². The van der Waals surface area contributed by atoms with Crippen molar-refractivity contribution >= 4 is 28.2 Å². The maximum absolute atomic E-state index is 8.97. The summed E-state index contributed by atoms with van der Waals surface area (Å²) in [6.07, 6.45) is 1.93. The van der Waals surface area contributed by atoms with E-state index in [4.69, 9.17) is 5.11 Å². The Labute approximate surface area is 115 Å². The topological polar surface area (TPSA) is 45.2 Å². The predicted octanol–water partition coefficient (Wildman–Crippen LogP) is 3.36. The van der Waals surface area contributed by atoms with Crippen molar-refractivity contribution in [2.24, 2.45) is 0 Å². The van der Waals surface area contributed by atoms with Crippen LogP contribution in [0.5, 0.6) is 0 Å². The van der Waals surface area contributed by atoms with Crippen LogP contribution in [0.3, 0.4) is 0 Å². The summed E-state index contributed by atoms with van der Waals surface area (Å²) in [6.45, 7) is 3.08. The normalized spacial score (nSPS) is 10.6. The fourth-order valence-electron chi connectivity index (χ4n) is 1.45. The lowest BCUT2D eigenvalue weighted by atomic mass is 10.2. The second-order valence-corrected chi connectivity index (χ2v) is 5.92. The average Bonchev–Trinajstić information content (AvgIpc) is 2.85. The first-order valence-corrected chi connectivity index (χ1v) is 7.63. The molecule has 0 bridgehead atoms. The van der Waals surface area contributed by atoms with Gasteiger partial charge in [0.15, 0.2) is 5.13 Å². The molecule has 2 N–H and O–H groups in total. The number of aromatic nitrogens is 1. The van der Waals surface area contributed by atoms with E-state index in [9.17, 15) is 0 Å². The molecule has 3 nitrogen and oxygen atoms in total. The zero-order valence-corrected chi connectivity index (χ0v) is 11.9. The molecule has 5 heteroatoms. The third kappa shape index (κ3) is 3.73. The standard InChI is InChI=1S/C13H16N2OS2/c1-2-14-13-15-7-12(18-13)9-17-11-5-3-10(8-16)4-6-11/h3-7,16H,2,8-9H2,1H3,(H,14,15). The predicted molar refractivity (Wildman–Crippen MR) is 78.2 cm³/mol. The highest BCUT2D eigenvalue weighted by Crippen LogP contribution is 2.27. The van der Waals surface area contributed by atoms with E-state index in [2.05, 4.69) is 17.2 Å². The number of thioether (sulfide) groups is 1. The first-order valence-electron chi connectivity index (χ1n) is 5.83. The number of nitrogens with one attached hydrogen (secondary N) is 1. The van der Waals surface area contributed by atoms with Gasteiger partial charge in [-0.1, -0.05) is 12.1 Å². The lowest BCUT2D eigenvalue weighted by Crippen LogP contribution is -1.94. The molecule has 0 aliphatic carbocycles. The Bertz CT molecular complexity index is 482. The van der Waals surface area contributed by atoms with Gasteiger partial charge in [-0.2, -0.15) is 0 Å². The summed E-state index contributed by atoms with van der Waals surface area (Å²) in [5.41, 5.74) is 0.951. The Morgan fingerprint density at radius 2 is 2.11 bits per heavy atom. The van der Waals surface area contributed by atoms with Gasteiger partial charge in [0.2, 0.25) is 0 Å². The maximum atomic E-state index is 8.97. The molecule has 0 amide bonds. The number of benzene rings is 1.